The highest BCUT2D eigenvalue weighted by molar-refractivity contribution is 5.78. The Morgan fingerprint density at radius 1 is 1.11 bits per heavy atom. The molecule has 5 nitrogen and oxygen atoms in total. The van der Waals surface area contributed by atoms with Crippen LogP contribution < -0.4 is 11.5 Å². The number of primary amides is 1. The number of nitrogens with zero attached hydrogens (tertiary/aromatic N) is 2. The van der Waals surface area contributed by atoms with Gasteiger partial charge in [0.2, 0.25) is 5.91 Å². The number of aliphatic imine (C=N–C) groups is 1. The van der Waals surface area contributed by atoms with Crippen molar-refractivity contribution in [3.05, 3.63) is 0 Å². The molecular formula is C13H24N4O. The second-order valence-electron chi connectivity index (χ2n) is 5.53. The van der Waals surface area contributed by atoms with E-state index in [1.54, 1.807) is 0 Å². The minimum absolute atomic E-state index is 0.193. The molecule has 0 spiro atoms. The summed E-state index contributed by atoms with van der Waals surface area (Å²) in [6.45, 7) is 1.81. The van der Waals surface area contributed by atoms with E-state index in [0.29, 0.717) is 24.3 Å². The van der Waals surface area contributed by atoms with Crippen LogP contribution >= 0.6 is 0 Å². The van der Waals surface area contributed by atoms with Crippen LogP contribution in [0.1, 0.15) is 44.9 Å². The summed E-state index contributed by atoms with van der Waals surface area (Å²) in [4.78, 5) is 17.6. The van der Waals surface area contributed by atoms with Gasteiger partial charge in [-0.15, -0.1) is 0 Å². The van der Waals surface area contributed by atoms with Gasteiger partial charge in [-0.25, -0.2) is 4.99 Å². The smallest absolute Gasteiger partial charge is 0.217 e. The molecule has 0 radical (unpaired) electrons. The fraction of sp³-hybridized carbons (Fsp3) is 0.846. The second-order valence-corrected chi connectivity index (χ2v) is 5.53. The minimum atomic E-state index is -0.193. The molecule has 0 atom stereocenters. The highest BCUT2D eigenvalue weighted by atomic mass is 16.1. The van der Waals surface area contributed by atoms with E-state index in [2.05, 4.69) is 9.89 Å². The highest BCUT2D eigenvalue weighted by Crippen LogP contribution is 2.23. The van der Waals surface area contributed by atoms with Crippen molar-refractivity contribution < 1.29 is 4.79 Å². The van der Waals surface area contributed by atoms with E-state index in [1.807, 2.05) is 0 Å². The Kier molecular flexibility index (Phi) is 4.44. The molecular weight excluding hydrogens is 228 g/mol. The molecule has 2 rings (SSSR count). The Balaban J connectivity index is 1.79. The van der Waals surface area contributed by atoms with Gasteiger partial charge in [-0.3, -0.25) is 4.79 Å². The Morgan fingerprint density at radius 2 is 1.72 bits per heavy atom. The summed E-state index contributed by atoms with van der Waals surface area (Å²) in [6, 6.07) is 0.438. The summed E-state index contributed by atoms with van der Waals surface area (Å²) in [7, 11) is 0. The average Bonchev–Trinajstić information content (AvgIpc) is 2.82. The van der Waals surface area contributed by atoms with Gasteiger partial charge in [0.1, 0.15) is 0 Å². The fourth-order valence-corrected chi connectivity index (χ4v) is 2.95. The maximum atomic E-state index is 10.9. The van der Waals surface area contributed by atoms with Gasteiger partial charge in [-0.1, -0.05) is 12.8 Å². The van der Waals surface area contributed by atoms with E-state index in [4.69, 9.17) is 11.5 Å². The summed E-state index contributed by atoms with van der Waals surface area (Å²) in [5.41, 5.74) is 11.3. The van der Waals surface area contributed by atoms with Crippen LogP contribution in [-0.4, -0.2) is 35.9 Å². The molecule has 2 fully saturated rings. The maximum absolute atomic E-state index is 10.9. The van der Waals surface area contributed by atoms with E-state index < -0.39 is 0 Å². The zero-order valence-electron chi connectivity index (χ0n) is 11.0. The Hall–Kier alpha value is -1.26. The van der Waals surface area contributed by atoms with Crippen molar-refractivity contribution in [1.82, 2.24) is 4.90 Å². The molecule has 2 aliphatic rings. The molecule has 102 valence electrons. The predicted molar refractivity (Wildman–Crippen MR) is 72.0 cm³/mol. The number of nitrogens with two attached hydrogens (primary N) is 2. The summed E-state index contributed by atoms with van der Waals surface area (Å²) >= 11 is 0. The van der Waals surface area contributed by atoms with E-state index in [0.717, 1.165) is 25.9 Å². The lowest BCUT2D eigenvalue weighted by Gasteiger charge is -2.32. The SMILES string of the molecule is NC(=O)CC1CCN(C(N)=NC2CCCC2)CC1. The van der Waals surface area contributed by atoms with Crippen LogP contribution in [0, 0.1) is 5.92 Å². The quantitative estimate of drug-likeness (QED) is 0.576. The lowest BCUT2D eigenvalue weighted by atomic mass is 9.93. The lowest BCUT2D eigenvalue weighted by molar-refractivity contribution is -0.119. The number of carbonyl (C=O) groups is 1. The third-order valence-corrected chi connectivity index (χ3v) is 4.07. The van der Waals surface area contributed by atoms with Crippen LogP contribution in [0.3, 0.4) is 0 Å². The molecule has 1 aliphatic carbocycles. The first-order valence-corrected chi connectivity index (χ1v) is 7.01. The van der Waals surface area contributed by atoms with E-state index in [-0.39, 0.29) is 5.91 Å². The van der Waals surface area contributed by atoms with Gasteiger partial charge in [-0.05, 0) is 31.6 Å². The molecule has 4 N–H and O–H groups in total. The fourth-order valence-electron chi connectivity index (χ4n) is 2.95. The molecule has 5 heteroatoms. The summed E-state index contributed by atoms with van der Waals surface area (Å²) < 4.78 is 0. The number of hydrogen-bond donors (Lipinski definition) is 2. The summed E-state index contributed by atoms with van der Waals surface area (Å²) in [6.07, 6.45) is 7.41. The largest absolute Gasteiger partial charge is 0.370 e. The minimum Gasteiger partial charge on any atom is -0.370 e. The van der Waals surface area contributed by atoms with E-state index >= 15 is 0 Å². The van der Waals surface area contributed by atoms with Crippen molar-refractivity contribution in [2.75, 3.05) is 13.1 Å². The topological polar surface area (TPSA) is 84.7 Å². The molecule has 1 amide bonds. The van der Waals surface area contributed by atoms with Crippen molar-refractivity contribution in [1.29, 1.82) is 0 Å². The van der Waals surface area contributed by atoms with Gasteiger partial charge in [0.25, 0.3) is 0 Å². The van der Waals surface area contributed by atoms with Gasteiger partial charge < -0.3 is 16.4 Å². The number of likely N-dealkylation sites (tertiary alicyclic amines) is 1. The first kappa shape index (κ1) is 13.2. The predicted octanol–water partition coefficient (Wildman–Crippen LogP) is 0.831. The van der Waals surface area contributed by atoms with Crippen LogP contribution in [0.5, 0.6) is 0 Å². The molecule has 1 saturated heterocycles. The normalized spacial score (nSPS) is 23.6. The summed E-state index contributed by atoms with van der Waals surface area (Å²) in [5, 5.41) is 0. The molecule has 0 bridgehead atoms. The summed E-state index contributed by atoms with van der Waals surface area (Å²) in [5.74, 6) is 0.929. The van der Waals surface area contributed by atoms with Crippen molar-refractivity contribution in [3.63, 3.8) is 0 Å². The van der Waals surface area contributed by atoms with Crippen LogP contribution in [0.15, 0.2) is 4.99 Å². The number of carbonyl (C=O) groups excluding carboxylic acids is 1. The first-order valence-electron chi connectivity index (χ1n) is 7.01. The van der Waals surface area contributed by atoms with Gasteiger partial charge >= 0.3 is 0 Å². The van der Waals surface area contributed by atoms with Crippen LogP contribution in [0.4, 0.5) is 0 Å². The third kappa shape index (κ3) is 3.62. The number of hydrogen-bond acceptors (Lipinski definition) is 2. The Labute approximate surface area is 109 Å². The molecule has 0 aromatic carbocycles. The number of rotatable bonds is 3. The van der Waals surface area contributed by atoms with Gasteiger partial charge in [0.15, 0.2) is 5.96 Å². The van der Waals surface area contributed by atoms with Gasteiger partial charge in [0, 0.05) is 19.5 Å². The maximum Gasteiger partial charge on any atom is 0.217 e. The Bertz CT molecular complexity index is 315. The number of piperidine rings is 1. The standard InChI is InChI=1S/C13H24N4O/c14-12(18)9-10-5-7-17(8-6-10)13(15)16-11-3-1-2-4-11/h10-11H,1-9H2,(H2,14,18)(H2,15,16). The van der Waals surface area contributed by atoms with Gasteiger partial charge in [0.05, 0.1) is 6.04 Å². The zero-order valence-corrected chi connectivity index (χ0v) is 11.0. The second kappa shape index (κ2) is 6.07. The Morgan fingerprint density at radius 3 is 2.28 bits per heavy atom. The molecule has 1 aliphatic heterocycles. The molecule has 0 unspecified atom stereocenters. The van der Waals surface area contributed by atoms with Crippen LogP contribution in [-0.2, 0) is 4.79 Å². The third-order valence-electron chi connectivity index (χ3n) is 4.07. The highest BCUT2D eigenvalue weighted by Gasteiger charge is 2.22. The van der Waals surface area contributed by atoms with Crippen molar-refractivity contribution in [3.8, 4) is 0 Å². The first-order chi connectivity index (χ1) is 8.65. The lowest BCUT2D eigenvalue weighted by Crippen LogP contribution is -2.43. The van der Waals surface area contributed by atoms with E-state index in [9.17, 15) is 4.79 Å². The number of guanidine groups is 1. The average molecular weight is 252 g/mol. The number of amides is 1. The zero-order chi connectivity index (χ0) is 13.0. The van der Waals surface area contributed by atoms with Gasteiger partial charge in [-0.2, -0.15) is 0 Å². The molecule has 0 aromatic rings. The van der Waals surface area contributed by atoms with Crippen molar-refractivity contribution in [2.45, 2.75) is 51.0 Å². The monoisotopic (exact) mass is 252 g/mol. The van der Waals surface area contributed by atoms with Crippen molar-refractivity contribution in [2.24, 2.45) is 22.4 Å². The van der Waals surface area contributed by atoms with Crippen molar-refractivity contribution >= 4 is 11.9 Å². The van der Waals surface area contributed by atoms with Crippen LogP contribution in [0.2, 0.25) is 0 Å². The molecule has 0 aromatic heterocycles. The van der Waals surface area contributed by atoms with E-state index in [1.165, 1.54) is 25.7 Å². The molecule has 1 saturated carbocycles. The molecule has 18 heavy (non-hydrogen) atoms. The van der Waals surface area contributed by atoms with Crippen LogP contribution in [0.25, 0.3) is 0 Å². The molecule has 1 heterocycles.